The average molecular weight is 432 g/mol. The first-order valence-electron chi connectivity index (χ1n) is 7.39. The lowest BCUT2D eigenvalue weighted by atomic mass is 10.1. The van der Waals surface area contributed by atoms with Gasteiger partial charge in [0.15, 0.2) is 5.96 Å². The van der Waals surface area contributed by atoms with Gasteiger partial charge in [0.25, 0.3) is 0 Å². The first kappa shape index (κ1) is 20.9. The van der Waals surface area contributed by atoms with E-state index in [1.807, 2.05) is 6.92 Å². The second-order valence-electron chi connectivity index (χ2n) is 5.51. The molecule has 1 rings (SSSR count). The predicted octanol–water partition coefficient (Wildman–Crippen LogP) is 1.24. The number of guanidine groups is 1. The summed E-state index contributed by atoms with van der Waals surface area (Å²) in [6.07, 6.45) is 0.731. The van der Waals surface area contributed by atoms with Crippen LogP contribution in [0.3, 0.4) is 0 Å². The van der Waals surface area contributed by atoms with E-state index in [9.17, 15) is 8.42 Å². The highest BCUT2D eigenvalue weighted by Crippen LogP contribution is 2.12. The van der Waals surface area contributed by atoms with Gasteiger partial charge in [0.05, 0.1) is 12.3 Å². The molecule has 0 bridgehead atoms. The molecule has 0 aromatic carbocycles. The fraction of sp³-hybridized carbons (Fsp3) is 0.923. The Kier molecular flexibility index (Phi) is 9.79. The number of rotatable bonds is 6. The van der Waals surface area contributed by atoms with Gasteiger partial charge in [-0.2, -0.15) is 0 Å². The Labute approximate surface area is 146 Å². The third-order valence-corrected chi connectivity index (χ3v) is 5.49. The van der Waals surface area contributed by atoms with Crippen molar-refractivity contribution in [3.63, 3.8) is 0 Å². The zero-order valence-electron chi connectivity index (χ0n) is 13.4. The number of hydrogen-bond donors (Lipinski definition) is 2. The number of halogens is 1. The van der Waals surface area contributed by atoms with Gasteiger partial charge in [0.2, 0.25) is 10.0 Å². The van der Waals surface area contributed by atoms with E-state index in [0.717, 1.165) is 18.9 Å². The smallest absolute Gasteiger partial charge is 0.214 e. The van der Waals surface area contributed by atoms with Crippen LogP contribution in [0.1, 0.15) is 34.1 Å². The maximum absolute atomic E-state index is 11.7. The molecule has 1 aliphatic heterocycles. The van der Waals surface area contributed by atoms with Gasteiger partial charge in [-0.05, 0) is 26.2 Å². The van der Waals surface area contributed by atoms with Crippen LogP contribution in [0.5, 0.6) is 0 Å². The highest BCUT2D eigenvalue weighted by Gasteiger charge is 2.27. The van der Waals surface area contributed by atoms with Gasteiger partial charge >= 0.3 is 0 Å². The Morgan fingerprint density at radius 3 is 2.48 bits per heavy atom. The molecule has 2 N–H and O–H groups in total. The Morgan fingerprint density at radius 2 is 2.00 bits per heavy atom. The maximum atomic E-state index is 11.7. The van der Waals surface area contributed by atoms with Crippen molar-refractivity contribution in [3.8, 4) is 0 Å². The summed E-state index contributed by atoms with van der Waals surface area (Å²) in [6.45, 7) is 10.8. The molecule has 0 amide bonds. The van der Waals surface area contributed by atoms with Gasteiger partial charge in [-0.25, -0.2) is 12.7 Å². The van der Waals surface area contributed by atoms with Crippen molar-refractivity contribution in [3.05, 3.63) is 0 Å². The molecule has 0 spiro atoms. The number of aliphatic imine (C=N–C) groups is 1. The minimum absolute atomic E-state index is 0. The van der Waals surface area contributed by atoms with Gasteiger partial charge in [-0.15, -0.1) is 24.0 Å². The van der Waals surface area contributed by atoms with Crippen LogP contribution in [-0.4, -0.2) is 56.7 Å². The third kappa shape index (κ3) is 7.14. The van der Waals surface area contributed by atoms with Crippen molar-refractivity contribution in [1.29, 1.82) is 0 Å². The van der Waals surface area contributed by atoms with E-state index in [2.05, 4.69) is 36.4 Å². The van der Waals surface area contributed by atoms with Crippen LogP contribution < -0.4 is 10.6 Å². The summed E-state index contributed by atoms with van der Waals surface area (Å²) in [5.74, 6) is 1.54. The van der Waals surface area contributed by atoms with Crippen molar-refractivity contribution in [2.75, 3.05) is 31.9 Å². The van der Waals surface area contributed by atoms with E-state index in [-0.39, 0.29) is 29.7 Å². The van der Waals surface area contributed by atoms with Crippen LogP contribution in [0.2, 0.25) is 0 Å². The predicted molar refractivity (Wildman–Crippen MR) is 98.8 cm³/mol. The lowest BCUT2D eigenvalue weighted by Crippen LogP contribution is -2.44. The third-order valence-electron chi connectivity index (χ3n) is 3.53. The van der Waals surface area contributed by atoms with Crippen molar-refractivity contribution in [1.82, 2.24) is 14.9 Å². The monoisotopic (exact) mass is 432 g/mol. The van der Waals surface area contributed by atoms with Crippen molar-refractivity contribution in [2.24, 2.45) is 10.9 Å². The van der Waals surface area contributed by atoms with E-state index in [1.165, 1.54) is 4.31 Å². The minimum atomic E-state index is -3.01. The van der Waals surface area contributed by atoms with Crippen LogP contribution in [0.25, 0.3) is 0 Å². The highest BCUT2D eigenvalue weighted by atomic mass is 127. The first-order chi connectivity index (χ1) is 9.36. The SMILES string of the molecule is CCNC(=NCCN1CCCS1(=O)=O)NC(C)C(C)C.I. The van der Waals surface area contributed by atoms with E-state index in [0.29, 0.717) is 31.6 Å². The molecular weight excluding hydrogens is 403 g/mol. The molecular formula is C13H29IN4O2S. The molecule has 1 heterocycles. The fourth-order valence-electron chi connectivity index (χ4n) is 1.92. The summed E-state index contributed by atoms with van der Waals surface area (Å²) in [5, 5.41) is 6.52. The second-order valence-corrected chi connectivity index (χ2v) is 7.59. The molecule has 1 aliphatic rings. The summed E-state index contributed by atoms with van der Waals surface area (Å²) < 4.78 is 24.9. The first-order valence-corrected chi connectivity index (χ1v) is 9.00. The van der Waals surface area contributed by atoms with Gasteiger partial charge in [0.1, 0.15) is 0 Å². The number of hydrogen-bond acceptors (Lipinski definition) is 3. The minimum Gasteiger partial charge on any atom is -0.357 e. The summed E-state index contributed by atoms with van der Waals surface area (Å²) >= 11 is 0. The Morgan fingerprint density at radius 1 is 1.33 bits per heavy atom. The molecule has 0 aromatic heterocycles. The topological polar surface area (TPSA) is 73.8 Å². The van der Waals surface area contributed by atoms with E-state index in [4.69, 9.17) is 0 Å². The molecule has 21 heavy (non-hydrogen) atoms. The van der Waals surface area contributed by atoms with Crippen LogP contribution in [-0.2, 0) is 10.0 Å². The molecule has 1 saturated heterocycles. The van der Waals surface area contributed by atoms with E-state index >= 15 is 0 Å². The zero-order valence-corrected chi connectivity index (χ0v) is 16.6. The molecule has 0 radical (unpaired) electrons. The Balaban J connectivity index is 0.00000400. The molecule has 1 atom stereocenters. The van der Waals surface area contributed by atoms with Crippen molar-refractivity contribution < 1.29 is 8.42 Å². The number of nitrogens with one attached hydrogen (secondary N) is 2. The van der Waals surface area contributed by atoms with Crippen LogP contribution in [0, 0.1) is 5.92 Å². The van der Waals surface area contributed by atoms with Crippen molar-refractivity contribution in [2.45, 2.75) is 40.2 Å². The molecule has 0 saturated carbocycles. The molecule has 0 aromatic rings. The Hall–Kier alpha value is -0.0900. The van der Waals surface area contributed by atoms with Crippen LogP contribution in [0.15, 0.2) is 4.99 Å². The summed E-state index contributed by atoms with van der Waals surface area (Å²) in [6, 6.07) is 0.323. The lowest BCUT2D eigenvalue weighted by molar-refractivity contribution is 0.450. The van der Waals surface area contributed by atoms with E-state index < -0.39 is 10.0 Å². The van der Waals surface area contributed by atoms with Gasteiger partial charge in [0, 0.05) is 25.7 Å². The number of nitrogens with zero attached hydrogens (tertiary/aromatic N) is 2. The summed E-state index contributed by atoms with van der Waals surface area (Å²) in [7, 11) is -3.01. The summed E-state index contributed by atoms with van der Waals surface area (Å²) in [4.78, 5) is 4.45. The normalized spacial score (nSPS) is 20.1. The Bertz CT molecular complexity index is 426. The molecule has 126 valence electrons. The molecule has 1 fully saturated rings. The second kappa shape index (κ2) is 9.83. The quantitative estimate of drug-likeness (QED) is 0.376. The average Bonchev–Trinajstić information content (AvgIpc) is 2.68. The van der Waals surface area contributed by atoms with Crippen LogP contribution in [0.4, 0.5) is 0 Å². The zero-order chi connectivity index (χ0) is 15.2. The molecule has 8 heteroatoms. The van der Waals surface area contributed by atoms with Gasteiger partial charge in [-0.3, -0.25) is 4.99 Å². The fourth-order valence-corrected chi connectivity index (χ4v) is 3.44. The standard InChI is InChI=1S/C13H28N4O2S.HI/c1-5-14-13(16-12(4)11(2)3)15-7-9-17-8-6-10-20(17,18)19;/h11-12H,5-10H2,1-4H3,(H2,14,15,16);1H. The molecule has 6 nitrogen and oxygen atoms in total. The maximum Gasteiger partial charge on any atom is 0.214 e. The van der Waals surface area contributed by atoms with Crippen LogP contribution >= 0.6 is 24.0 Å². The number of sulfonamides is 1. The lowest BCUT2D eigenvalue weighted by Gasteiger charge is -2.21. The summed E-state index contributed by atoms with van der Waals surface area (Å²) in [5.41, 5.74) is 0. The highest BCUT2D eigenvalue weighted by molar-refractivity contribution is 14.0. The van der Waals surface area contributed by atoms with Crippen molar-refractivity contribution >= 4 is 40.0 Å². The largest absolute Gasteiger partial charge is 0.357 e. The van der Waals surface area contributed by atoms with E-state index in [1.54, 1.807) is 0 Å². The van der Waals surface area contributed by atoms with Gasteiger partial charge in [-0.1, -0.05) is 13.8 Å². The van der Waals surface area contributed by atoms with Gasteiger partial charge < -0.3 is 10.6 Å². The molecule has 1 unspecified atom stereocenters. The molecule has 0 aliphatic carbocycles.